The van der Waals surface area contributed by atoms with Gasteiger partial charge in [-0.1, -0.05) is 13.0 Å². The van der Waals surface area contributed by atoms with Gasteiger partial charge in [-0.15, -0.1) is 0 Å². The number of benzene rings is 1. The number of carbonyl (C=O) groups is 2. The molecule has 0 radical (unpaired) electrons. The molecule has 1 aromatic rings. The van der Waals surface area contributed by atoms with E-state index in [2.05, 4.69) is 16.0 Å². The first kappa shape index (κ1) is 16.7. The number of rotatable bonds is 4. The quantitative estimate of drug-likeness (QED) is 0.650. The van der Waals surface area contributed by atoms with Crippen LogP contribution in [0, 0.1) is 0 Å². The number of nitrogens with one attached hydrogen (secondary N) is 3. The maximum Gasteiger partial charge on any atom is 0.265 e. The molecule has 7 nitrogen and oxygen atoms in total. The van der Waals surface area contributed by atoms with Crippen LogP contribution < -0.4 is 20.7 Å². The number of hydrogen-bond acceptors (Lipinski definition) is 5. The smallest absolute Gasteiger partial charge is 0.265 e. The van der Waals surface area contributed by atoms with Gasteiger partial charge in [0.15, 0.2) is 6.10 Å². The van der Waals surface area contributed by atoms with Crippen molar-refractivity contribution < 1.29 is 19.4 Å². The minimum absolute atomic E-state index is 0.127. The molecular weight excluding hydrogens is 310 g/mol. The van der Waals surface area contributed by atoms with Crippen molar-refractivity contribution in [2.75, 3.05) is 11.9 Å². The molecule has 2 heterocycles. The van der Waals surface area contributed by atoms with Gasteiger partial charge in [0, 0.05) is 6.54 Å². The normalized spacial score (nSPS) is 27.0. The highest BCUT2D eigenvalue weighted by molar-refractivity contribution is 5.97. The van der Waals surface area contributed by atoms with Crippen molar-refractivity contribution in [1.82, 2.24) is 10.6 Å². The third-order valence-corrected chi connectivity index (χ3v) is 4.48. The number of carbonyl (C=O) groups excluding carboxylic acids is 2. The minimum atomic E-state index is -0.484. The van der Waals surface area contributed by atoms with Crippen LogP contribution >= 0.6 is 0 Å². The lowest BCUT2D eigenvalue weighted by molar-refractivity contribution is -0.124. The van der Waals surface area contributed by atoms with Crippen LogP contribution in [0.25, 0.3) is 0 Å². The van der Waals surface area contributed by atoms with Crippen LogP contribution in [0.1, 0.15) is 38.3 Å². The van der Waals surface area contributed by atoms with Crippen LogP contribution in [0.2, 0.25) is 0 Å². The van der Waals surface area contributed by atoms with Crippen molar-refractivity contribution in [3.05, 3.63) is 23.8 Å². The second kappa shape index (κ2) is 6.78. The fourth-order valence-electron chi connectivity index (χ4n) is 3.01. The summed E-state index contributed by atoms with van der Waals surface area (Å²) >= 11 is 0. The van der Waals surface area contributed by atoms with Gasteiger partial charge in [-0.3, -0.25) is 9.59 Å². The molecule has 0 saturated carbocycles. The molecule has 2 amide bonds. The van der Waals surface area contributed by atoms with Crippen LogP contribution in [-0.4, -0.2) is 41.7 Å². The van der Waals surface area contributed by atoms with Gasteiger partial charge >= 0.3 is 0 Å². The lowest BCUT2D eigenvalue weighted by Gasteiger charge is -2.26. The third-order valence-electron chi connectivity index (χ3n) is 4.48. The first-order valence-electron chi connectivity index (χ1n) is 8.31. The Morgan fingerprint density at radius 1 is 1.50 bits per heavy atom. The van der Waals surface area contributed by atoms with Crippen molar-refractivity contribution in [3.63, 3.8) is 0 Å². The van der Waals surface area contributed by atoms with Crippen LogP contribution in [-0.2, 0) is 9.59 Å². The lowest BCUT2D eigenvalue weighted by Crippen LogP contribution is -2.41. The molecule has 1 fully saturated rings. The van der Waals surface area contributed by atoms with Gasteiger partial charge in [0.1, 0.15) is 5.75 Å². The van der Waals surface area contributed by atoms with E-state index in [0.717, 1.165) is 5.56 Å². The average molecular weight is 333 g/mol. The van der Waals surface area contributed by atoms with Gasteiger partial charge in [0.05, 0.1) is 23.9 Å². The summed E-state index contributed by atoms with van der Waals surface area (Å²) in [6.07, 6.45) is 0.0673. The second-order valence-corrected chi connectivity index (χ2v) is 6.34. The maximum atomic E-state index is 12.2. The topological polar surface area (TPSA) is 99.7 Å². The fourth-order valence-corrected chi connectivity index (χ4v) is 3.01. The first-order valence-corrected chi connectivity index (χ1v) is 8.31. The molecule has 1 aromatic carbocycles. The highest BCUT2D eigenvalue weighted by Gasteiger charge is 2.30. The Kier molecular flexibility index (Phi) is 4.73. The summed E-state index contributed by atoms with van der Waals surface area (Å²) in [6, 6.07) is 4.92. The standard InChI is InChI=1S/C17H23N3O4/c1-3-14-17(23)20-12-5-4-10(6-15(12)24-14)9(2)19-16(22)13-7-11(21)8-18-13/h4-6,9,11,13-14,18,21H,3,7-8H2,1-2H3,(H,19,22)(H,20,23). The molecule has 3 rings (SSSR count). The molecule has 130 valence electrons. The number of hydrogen-bond donors (Lipinski definition) is 4. The fraction of sp³-hybridized carbons (Fsp3) is 0.529. The van der Waals surface area contributed by atoms with Crippen LogP contribution in [0.4, 0.5) is 5.69 Å². The van der Waals surface area contributed by atoms with Gasteiger partial charge in [0.2, 0.25) is 5.91 Å². The Balaban J connectivity index is 1.69. The van der Waals surface area contributed by atoms with Crippen molar-refractivity contribution in [3.8, 4) is 5.75 Å². The van der Waals surface area contributed by atoms with Gasteiger partial charge in [0.25, 0.3) is 5.91 Å². The molecule has 2 aliphatic heterocycles. The van der Waals surface area contributed by atoms with Gasteiger partial charge in [-0.05, 0) is 37.5 Å². The third kappa shape index (κ3) is 3.37. The number of fused-ring (bicyclic) bond motifs is 1. The maximum absolute atomic E-state index is 12.2. The predicted octanol–water partition coefficient (Wildman–Crippen LogP) is 0.696. The SMILES string of the molecule is CCC1Oc2cc(C(C)NC(=O)C3CC(O)CN3)ccc2NC1=O. The summed E-state index contributed by atoms with van der Waals surface area (Å²) in [7, 11) is 0. The summed E-state index contributed by atoms with van der Waals surface area (Å²) in [5.74, 6) is 0.358. The largest absolute Gasteiger partial charge is 0.478 e. The van der Waals surface area contributed by atoms with E-state index in [9.17, 15) is 14.7 Å². The second-order valence-electron chi connectivity index (χ2n) is 6.34. The summed E-state index contributed by atoms with van der Waals surface area (Å²) in [6.45, 7) is 4.23. The van der Waals surface area contributed by atoms with E-state index in [0.29, 0.717) is 30.8 Å². The van der Waals surface area contributed by atoms with E-state index >= 15 is 0 Å². The van der Waals surface area contributed by atoms with E-state index in [1.54, 1.807) is 6.07 Å². The van der Waals surface area contributed by atoms with Crippen molar-refractivity contribution in [2.45, 2.75) is 51.0 Å². The van der Waals surface area contributed by atoms with Gasteiger partial charge < -0.3 is 25.8 Å². The molecule has 0 bridgehead atoms. The number of aliphatic hydroxyl groups is 1. The highest BCUT2D eigenvalue weighted by atomic mass is 16.5. The number of β-amino-alcohol motifs (C(OH)–C–C–N with tert-alkyl or cyclic N) is 1. The van der Waals surface area contributed by atoms with E-state index in [1.807, 2.05) is 26.0 Å². The number of amides is 2. The van der Waals surface area contributed by atoms with Crippen LogP contribution in [0.5, 0.6) is 5.75 Å². The summed E-state index contributed by atoms with van der Waals surface area (Å²) in [5, 5.41) is 18.3. The lowest BCUT2D eigenvalue weighted by atomic mass is 10.0. The molecule has 0 aromatic heterocycles. The molecule has 4 atom stereocenters. The monoisotopic (exact) mass is 333 g/mol. The zero-order valence-corrected chi connectivity index (χ0v) is 13.8. The molecule has 7 heteroatoms. The minimum Gasteiger partial charge on any atom is -0.478 e. The molecule has 1 saturated heterocycles. The van der Waals surface area contributed by atoms with E-state index in [1.165, 1.54) is 0 Å². The average Bonchev–Trinajstić information content (AvgIpc) is 3.00. The Morgan fingerprint density at radius 3 is 2.96 bits per heavy atom. The van der Waals surface area contributed by atoms with Crippen molar-refractivity contribution >= 4 is 17.5 Å². The predicted molar refractivity (Wildman–Crippen MR) is 88.8 cm³/mol. The number of ether oxygens (including phenoxy) is 1. The molecule has 0 aliphatic carbocycles. The highest BCUT2D eigenvalue weighted by Crippen LogP contribution is 2.33. The number of anilines is 1. The first-order chi connectivity index (χ1) is 11.5. The van der Waals surface area contributed by atoms with E-state index in [-0.39, 0.29) is 23.9 Å². The van der Waals surface area contributed by atoms with Crippen LogP contribution in [0.15, 0.2) is 18.2 Å². The zero-order valence-electron chi connectivity index (χ0n) is 13.8. The molecule has 4 unspecified atom stereocenters. The van der Waals surface area contributed by atoms with Gasteiger partial charge in [-0.25, -0.2) is 0 Å². The van der Waals surface area contributed by atoms with Crippen LogP contribution in [0.3, 0.4) is 0 Å². The molecule has 24 heavy (non-hydrogen) atoms. The Bertz CT molecular complexity index is 649. The van der Waals surface area contributed by atoms with Gasteiger partial charge in [-0.2, -0.15) is 0 Å². The summed E-state index contributed by atoms with van der Waals surface area (Å²) in [5.41, 5.74) is 1.54. The molecule has 2 aliphatic rings. The summed E-state index contributed by atoms with van der Waals surface area (Å²) < 4.78 is 5.73. The van der Waals surface area contributed by atoms with E-state index < -0.39 is 12.2 Å². The van der Waals surface area contributed by atoms with Crippen molar-refractivity contribution in [1.29, 1.82) is 0 Å². The molecule has 4 N–H and O–H groups in total. The van der Waals surface area contributed by atoms with E-state index in [4.69, 9.17) is 4.74 Å². The number of aliphatic hydroxyl groups excluding tert-OH is 1. The zero-order chi connectivity index (χ0) is 17.3. The Hall–Kier alpha value is -2.12. The Labute approximate surface area is 140 Å². The Morgan fingerprint density at radius 2 is 2.29 bits per heavy atom. The van der Waals surface area contributed by atoms with Crippen molar-refractivity contribution in [2.24, 2.45) is 0 Å². The molecule has 0 spiro atoms. The summed E-state index contributed by atoms with van der Waals surface area (Å²) in [4.78, 5) is 24.0. The molecular formula is C17H23N3O4.